The zero-order valence-corrected chi connectivity index (χ0v) is 20.6. The fourth-order valence-electron chi connectivity index (χ4n) is 3.99. The molecule has 3 aromatic carbocycles. The quantitative estimate of drug-likeness (QED) is 0.163. The topological polar surface area (TPSA) is 64.2 Å². The van der Waals surface area contributed by atoms with Crippen molar-refractivity contribution in [3.8, 4) is 5.69 Å². The van der Waals surface area contributed by atoms with Gasteiger partial charge in [-0.1, -0.05) is 53.7 Å². The van der Waals surface area contributed by atoms with Gasteiger partial charge in [0.05, 0.1) is 6.04 Å². The Morgan fingerprint density at radius 3 is 2.59 bits per heavy atom. The lowest BCUT2D eigenvalue weighted by Crippen LogP contribution is -2.20. The Morgan fingerprint density at radius 1 is 1.06 bits per heavy atom. The first-order valence-corrected chi connectivity index (χ1v) is 12.2. The van der Waals surface area contributed by atoms with Gasteiger partial charge in [0, 0.05) is 27.9 Å². The number of nitrogens with zero attached hydrogens (tertiary/aromatic N) is 4. The van der Waals surface area contributed by atoms with Crippen LogP contribution in [0.5, 0.6) is 0 Å². The number of hydrogen-bond donors (Lipinski definition) is 0. The van der Waals surface area contributed by atoms with E-state index in [1.165, 1.54) is 11.8 Å². The highest BCUT2D eigenvalue weighted by Gasteiger charge is 2.21. The molecule has 6 nitrogen and oxygen atoms in total. The highest BCUT2D eigenvalue weighted by molar-refractivity contribution is 7.98. The van der Waals surface area contributed by atoms with Crippen molar-refractivity contribution in [3.63, 3.8) is 0 Å². The monoisotopic (exact) mass is 490 g/mol. The van der Waals surface area contributed by atoms with Crippen LogP contribution in [-0.4, -0.2) is 33.8 Å². The predicted molar refractivity (Wildman–Crippen MR) is 138 cm³/mol. The highest BCUT2D eigenvalue weighted by atomic mass is 35.5. The lowest BCUT2D eigenvalue weighted by atomic mass is 10.0. The van der Waals surface area contributed by atoms with Gasteiger partial charge in [0.25, 0.3) is 0 Å². The molecule has 0 saturated carbocycles. The van der Waals surface area contributed by atoms with Crippen LogP contribution in [0.4, 0.5) is 0 Å². The Balaban J connectivity index is 1.59. The van der Waals surface area contributed by atoms with Crippen LogP contribution >= 0.6 is 23.4 Å². The molecule has 5 rings (SSSR count). The largest absolute Gasteiger partial charge is 0.423 e. The first kappa shape index (κ1) is 22.7. The van der Waals surface area contributed by atoms with Crippen molar-refractivity contribution in [2.24, 2.45) is 0 Å². The lowest BCUT2D eigenvalue weighted by Gasteiger charge is -2.20. The number of halogens is 1. The van der Waals surface area contributed by atoms with Gasteiger partial charge in [0.15, 0.2) is 11.0 Å². The van der Waals surface area contributed by atoms with Gasteiger partial charge in [-0.25, -0.2) is 4.79 Å². The number of aromatic nitrogens is 3. The molecule has 0 fully saturated rings. The van der Waals surface area contributed by atoms with Crippen LogP contribution in [0.2, 0.25) is 5.02 Å². The number of rotatable bonds is 6. The second kappa shape index (κ2) is 9.25. The van der Waals surface area contributed by atoms with Gasteiger partial charge in [-0.15, -0.1) is 10.2 Å². The molecule has 0 bridgehead atoms. The van der Waals surface area contributed by atoms with Crippen LogP contribution in [0.3, 0.4) is 0 Å². The van der Waals surface area contributed by atoms with Gasteiger partial charge in [0.2, 0.25) is 0 Å². The van der Waals surface area contributed by atoms with E-state index in [2.05, 4.69) is 38.7 Å². The highest BCUT2D eigenvalue weighted by Crippen LogP contribution is 2.33. The first-order valence-electron chi connectivity index (χ1n) is 10.9. The second-order valence-corrected chi connectivity index (χ2v) is 9.71. The standard InChI is InChI=1S/C26H23ClN4O2S/c1-16(30(2)3)25-28-29-26(31(25)20-11-9-19(27)10-12-20)34-15-18-14-23(32)33-22-13-8-17-6-4-5-7-21(17)24(18)22/h4-14,16H,15H2,1-3H3. The molecule has 5 aromatic rings. The number of fused-ring (bicyclic) bond motifs is 3. The molecule has 0 aliphatic carbocycles. The Morgan fingerprint density at radius 2 is 1.82 bits per heavy atom. The summed E-state index contributed by atoms with van der Waals surface area (Å²) in [5.74, 6) is 1.37. The normalized spacial score (nSPS) is 12.6. The van der Waals surface area contributed by atoms with Crippen LogP contribution in [0.15, 0.2) is 81.1 Å². The van der Waals surface area contributed by atoms with Gasteiger partial charge in [0.1, 0.15) is 5.58 Å². The van der Waals surface area contributed by atoms with Crippen LogP contribution in [-0.2, 0) is 5.75 Å². The van der Waals surface area contributed by atoms with Crippen molar-refractivity contribution >= 4 is 45.1 Å². The molecular weight excluding hydrogens is 468 g/mol. The van der Waals surface area contributed by atoms with E-state index in [1.54, 1.807) is 6.07 Å². The maximum atomic E-state index is 12.3. The van der Waals surface area contributed by atoms with Crippen LogP contribution < -0.4 is 5.63 Å². The van der Waals surface area contributed by atoms with E-state index in [0.29, 0.717) is 16.4 Å². The fourth-order valence-corrected chi connectivity index (χ4v) is 5.05. The van der Waals surface area contributed by atoms with Crippen molar-refractivity contribution in [1.29, 1.82) is 0 Å². The van der Waals surface area contributed by atoms with E-state index in [0.717, 1.165) is 38.4 Å². The molecule has 2 aromatic heterocycles. The molecule has 0 saturated heterocycles. The minimum atomic E-state index is -0.362. The van der Waals surface area contributed by atoms with Gasteiger partial charge in [-0.05, 0) is 67.7 Å². The van der Waals surface area contributed by atoms with Gasteiger partial charge < -0.3 is 4.42 Å². The summed E-state index contributed by atoms with van der Waals surface area (Å²) in [7, 11) is 4.03. The van der Waals surface area contributed by atoms with Crippen molar-refractivity contribution in [2.45, 2.75) is 23.9 Å². The van der Waals surface area contributed by atoms with Crippen molar-refractivity contribution < 1.29 is 4.42 Å². The van der Waals surface area contributed by atoms with Crippen LogP contribution in [0, 0.1) is 0 Å². The molecule has 0 aliphatic rings. The SMILES string of the molecule is CC(c1nnc(SCc2cc(=O)oc3ccc4ccccc4c23)n1-c1ccc(Cl)cc1)N(C)C. The summed E-state index contributed by atoms with van der Waals surface area (Å²) < 4.78 is 7.57. The maximum absolute atomic E-state index is 12.3. The molecule has 0 amide bonds. The summed E-state index contributed by atoms with van der Waals surface area (Å²) in [5.41, 5.74) is 2.06. The lowest BCUT2D eigenvalue weighted by molar-refractivity contribution is 0.305. The molecule has 0 N–H and O–H groups in total. The van der Waals surface area contributed by atoms with Gasteiger partial charge in [-0.3, -0.25) is 9.47 Å². The molecule has 0 aliphatic heterocycles. The molecule has 2 heterocycles. The fraction of sp³-hybridized carbons (Fsp3) is 0.192. The molecule has 1 unspecified atom stereocenters. The van der Waals surface area contributed by atoms with Crippen molar-refractivity contribution in [2.75, 3.05) is 14.1 Å². The summed E-state index contributed by atoms with van der Waals surface area (Å²) in [5, 5.41) is 13.5. The third-order valence-electron chi connectivity index (χ3n) is 5.96. The average Bonchev–Trinajstić information content (AvgIpc) is 3.25. The number of thioether (sulfide) groups is 1. The molecule has 8 heteroatoms. The molecule has 1 atom stereocenters. The number of hydrogen-bond acceptors (Lipinski definition) is 6. The molecule has 0 spiro atoms. The summed E-state index contributed by atoms with van der Waals surface area (Å²) >= 11 is 7.67. The molecular formula is C26H23ClN4O2S. The summed E-state index contributed by atoms with van der Waals surface area (Å²) in [6.45, 7) is 2.09. The third kappa shape index (κ3) is 4.22. The van der Waals surface area contributed by atoms with Gasteiger partial charge in [-0.2, -0.15) is 0 Å². The van der Waals surface area contributed by atoms with Crippen LogP contribution in [0.1, 0.15) is 24.4 Å². The van der Waals surface area contributed by atoms with E-state index in [1.807, 2.05) is 62.6 Å². The number of benzene rings is 3. The van der Waals surface area contributed by atoms with E-state index in [4.69, 9.17) is 16.0 Å². The molecule has 34 heavy (non-hydrogen) atoms. The summed E-state index contributed by atoms with van der Waals surface area (Å²) in [6, 6.07) is 21.2. The second-order valence-electron chi connectivity index (χ2n) is 8.33. The Kier molecular flexibility index (Phi) is 6.16. The summed E-state index contributed by atoms with van der Waals surface area (Å²) in [4.78, 5) is 14.4. The van der Waals surface area contributed by atoms with E-state index in [9.17, 15) is 4.79 Å². The first-order chi connectivity index (χ1) is 16.4. The Bertz CT molecular complexity index is 1540. The van der Waals surface area contributed by atoms with E-state index in [-0.39, 0.29) is 11.7 Å². The minimum Gasteiger partial charge on any atom is -0.423 e. The third-order valence-corrected chi connectivity index (χ3v) is 7.19. The van der Waals surface area contributed by atoms with Crippen molar-refractivity contribution in [1.82, 2.24) is 19.7 Å². The smallest absolute Gasteiger partial charge is 0.336 e. The van der Waals surface area contributed by atoms with Crippen molar-refractivity contribution in [3.05, 3.63) is 93.6 Å². The Labute approximate surface area is 206 Å². The Hall–Kier alpha value is -3.13. The zero-order valence-electron chi connectivity index (χ0n) is 19.0. The van der Waals surface area contributed by atoms with E-state index >= 15 is 0 Å². The van der Waals surface area contributed by atoms with Gasteiger partial charge >= 0.3 is 5.63 Å². The molecule has 0 radical (unpaired) electrons. The minimum absolute atomic E-state index is 0.0473. The summed E-state index contributed by atoms with van der Waals surface area (Å²) in [6.07, 6.45) is 0. The molecule has 172 valence electrons. The zero-order chi connectivity index (χ0) is 23.8. The predicted octanol–water partition coefficient (Wildman–Crippen LogP) is 6.10. The van der Waals surface area contributed by atoms with Crippen LogP contribution in [0.25, 0.3) is 27.4 Å². The maximum Gasteiger partial charge on any atom is 0.336 e. The average molecular weight is 491 g/mol. The van der Waals surface area contributed by atoms with E-state index < -0.39 is 0 Å².